The maximum absolute atomic E-state index is 13.3. The number of rotatable bonds is 14. The van der Waals surface area contributed by atoms with Crippen LogP contribution in [0.1, 0.15) is 44.7 Å². The molecule has 0 aliphatic heterocycles. The topological polar surface area (TPSA) is 138 Å². The standard InChI is InChI=1S/C20H20FNO4S2.C19H18FNO4S2/c1-14-17-6-3-4-7-18(17)27-19(14)22(13-5-12-21)28(24,25)16-10-8-15(9-11-16)20(23)26-2;1-13-16-5-2-3-6-17(16)26-18(13)21(12-4-11-20)27(24,25)15-9-7-14(8-10-15)19(22)23/h3-4,6-11H,5,12-13H2,1-2H3;2-3,5-10H,4,11-12H2,1H3,(H,22,23). The summed E-state index contributed by atoms with van der Waals surface area (Å²) in [5.74, 6) is -1.67. The van der Waals surface area contributed by atoms with Crippen LogP contribution in [0.25, 0.3) is 20.2 Å². The number of ether oxygens (including phenoxy) is 1. The molecule has 0 unspecified atom stereocenters. The van der Waals surface area contributed by atoms with Crippen molar-refractivity contribution in [3.63, 3.8) is 0 Å². The highest BCUT2D eigenvalue weighted by atomic mass is 32.2. The second-order valence-electron chi connectivity index (χ2n) is 12.1. The number of anilines is 2. The van der Waals surface area contributed by atoms with Crippen LogP contribution in [-0.2, 0) is 24.8 Å². The van der Waals surface area contributed by atoms with E-state index in [1.165, 1.54) is 86.9 Å². The molecule has 0 saturated heterocycles. The number of hydrogen-bond donors (Lipinski definition) is 1. The van der Waals surface area contributed by atoms with Crippen LogP contribution in [0.5, 0.6) is 0 Å². The second-order valence-corrected chi connectivity index (χ2v) is 17.9. The highest BCUT2D eigenvalue weighted by Crippen LogP contribution is 2.41. The third-order valence-corrected chi connectivity index (χ3v) is 15.1. The number of halogens is 2. The average molecular weight is 829 g/mol. The van der Waals surface area contributed by atoms with Crippen molar-refractivity contribution in [2.75, 3.05) is 42.2 Å². The minimum Gasteiger partial charge on any atom is -0.478 e. The number of aromatic carboxylic acids is 1. The average Bonchev–Trinajstić information content (AvgIpc) is 3.70. The van der Waals surface area contributed by atoms with E-state index in [0.29, 0.717) is 10.0 Å². The predicted molar refractivity (Wildman–Crippen MR) is 215 cm³/mol. The first-order valence-corrected chi connectivity index (χ1v) is 21.4. The maximum Gasteiger partial charge on any atom is 0.337 e. The molecule has 290 valence electrons. The molecule has 0 spiro atoms. The summed E-state index contributed by atoms with van der Waals surface area (Å²) in [4.78, 5) is 22.6. The number of carboxylic acids is 1. The summed E-state index contributed by atoms with van der Waals surface area (Å²) < 4.78 is 87.8. The van der Waals surface area contributed by atoms with Crippen LogP contribution in [0.3, 0.4) is 0 Å². The van der Waals surface area contributed by atoms with Crippen LogP contribution in [0.15, 0.2) is 107 Å². The fourth-order valence-corrected chi connectivity index (χ4v) is 11.8. The molecular weight excluding hydrogens is 791 g/mol. The van der Waals surface area contributed by atoms with E-state index in [-0.39, 0.29) is 46.8 Å². The van der Waals surface area contributed by atoms with Gasteiger partial charge in [0.2, 0.25) is 0 Å². The highest BCUT2D eigenvalue weighted by molar-refractivity contribution is 7.93. The first kappa shape index (κ1) is 41.3. The molecule has 0 bridgehead atoms. The van der Waals surface area contributed by atoms with Crippen molar-refractivity contribution < 1.29 is 45.0 Å². The molecule has 16 heteroatoms. The van der Waals surface area contributed by atoms with Crippen LogP contribution in [0, 0.1) is 13.8 Å². The largest absolute Gasteiger partial charge is 0.478 e. The van der Waals surface area contributed by atoms with E-state index in [4.69, 9.17) is 5.11 Å². The Balaban J connectivity index is 0.000000211. The third-order valence-electron chi connectivity index (χ3n) is 8.63. The van der Waals surface area contributed by atoms with Crippen LogP contribution < -0.4 is 8.61 Å². The Labute approximate surface area is 326 Å². The first-order valence-electron chi connectivity index (χ1n) is 16.9. The number of aryl methyl sites for hydroxylation is 2. The number of sulfonamides is 2. The number of hydrogen-bond acceptors (Lipinski definition) is 9. The van der Waals surface area contributed by atoms with Crippen molar-refractivity contribution in [1.82, 2.24) is 0 Å². The van der Waals surface area contributed by atoms with Gasteiger partial charge in [0.1, 0.15) is 10.0 Å². The lowest BCUT2D eigenvalue weighted by atomic mass is 10.2. The summed E-state index contributed by atoms with van der Waals surface area (Å²) in [5.41, 5.74) is 1.92. The van der Waals surface area contributed by atoms with Gasteiger partial charge in [-0.05, 0) is 109 Å². The van der Waals surface area contributed by atoms with E-state index in [9.17, 15) is 35.2 Å². The Bertz CT molecular complexity index is 2520. The summed E-state index contributed by atoms with van der Waals surface area (Å²) in [5, 5.41) is 12.1. The zero-order valence-corrected chi connectivity index (χ0v) is 33.3. The molecule has 2 heterocycles. The molecule has 6 aromatic rings. The van der Waals surface area contributed by atoms with E-state index in [2.05, 4.69) is 4.74 Å². The van der Waals surface area contributed by atoms with Gasteiger partial charge in [0.05, 0.1) is 41.4 Å². The van der Waals surface area contributed by atoms with Crippen LogP contribution in [0.2, 0.25) is 0 Å². The molecule has 0 radical (unpaired) electrons. The van der Waals surface area contributed by atoms with Crippen molar-refractivity contribution in [2.24, 2.45) is 0 Å². The Morgan fingerprint density at radius 1 is 0.636 bits per heavy atom. The number of fused-ring (bicyclic) bond motifs is 2. The molecule has 0 fully saturated rings. The third kappa shape index (κ3) is 8.82. The normalized spacial score (nSPS) is 11.6. The smallest absolute Gasteiger partial charge is 0.337 e. The second kappa shape index (κ2) is 17.7. The number of carboxylic acid groups (broad SMARTS) is 1. The van der Waals surface area contributed by atoms with E-state index in [1.807, 2.05) is 62.4 Å². The lowest BCUT2D eigenvalue weighted by Crippen LogP contribution is -2.32. The number of alkyl halides is 2. The van der Waals surface area contributed by atoms with Crippen molar-refractivity contribution in [1.29, 1.82) is 0 Å². The van der Waals surface area contributed by atoms with Gasteiger partial charge in [-0.3, -0.25) is 17.4 Å². The van der Waals surface area contributed by atoms with Crippen LogP contribution >= 0.6 is 22.7 Å². The molecule has 6 rings (SSSR count). The minimum atomic E-state index is -3.95. The number of carbonyl (C=O) groups excluding carboxylic acids is 1. The van der Waals surface area contributed by atoms with E-state index in [1.54, 1.807) is 0 Å². The molecule has 0 aliphatic carbocycles. The lowest BCUT2D eigenvalue weighted by Gasteiger charge is -2.23. The fourth-order valence-electron chi connectivity index (χ4n) is 5.77. The Kier molecular flexibility index (Phi) is 13.3. The molecule has 0 saturated carbocycles. The summed E-state index contributed by atoms with van der Waals surface area (Å²) in [6, 6.07) is 25.9. The van der Waals surface area contributed by atoms with Gasteiger partial charge in [-0.1, -0.05) is 36.4 Å². The molecule has 55 heavy (non-hydrogen) atoms. The quantitative estimate of drug-likeness (QED) is 0.107. The minimum absolute atomic E-state index is 0.00213. The number of esters is 1. The van der Waals surface area contributed by atoms with Gasteiger partial charge in [-0.15, -0.1) is 22.7 Å². The van der Waals surface area contributed by atoms with Gasteiger partial charge in [0, 0.05) is 22.5 Å². The van der Waals surface area contributed by atoms with E-state index < -0.39 is 45.3 Å². The Morgan fingerprint density at radius 2 is 1.02 bits per heavy atom. The number of nitrogens with zero attached hydrogens (tertiary/aromatic N) is 2. The van der Waals surface area contributed by atoms with Crippen molar-refractivity contribution in [3.8, 4) is 0 Å². The fraction of sp³-hybridized carbons (Fsp3) is 0.231. The van der Waals surface area contributed by atoms with E-state index >= 15 is 0 Å². The molecule has 0 atom stereocenters. The zero-order chi connectivity index (χ0) is 39.9. The van der Waals surface area contributed by atoms with Crippen molar-refractivity contribution in [2.45, 2.75) is 36.5 Å². The van der Waals surface area contributed by atoms with Gasteiger partial charge in [-0.2, -0.15) is 0 Å². The number of methoxy groups -OCH3 is 1. The highest BCUT2D eigenvalue weighted by Gasteiger charge is 2.30. The van der Waals surface area contributed by atoms with Gasteiger partial charge < -0.3 is 9.84 Å². The number of thiophene rings is 2. The molecule has 4 aromatic carbocycles. The SMILES string of the molecule is COC(=O)c1ccc(S(=O)(=O)N(CCCF)c2sc3ccccc3c2C)cc1.Cc1c(N(CCCF)S(=O)(=O)c2ccc(C(=O)O)cc2)sc2ccccc12. The van der Waals surface area contributed by atoms with Crippen LogP contribution in [-0.4, -0.2) is 67.4 Å². The van der Waals surface area contributed by atoms with Gasteiger partial charge in [0.15, 0.2) is 0 Å². The summed E-state index contributed by atoms with van der Waals surface area (Å²) in [6.07, 6.45) is 0.160. The summed E-state index contributed by atoms with van der Waals surface area (Å²) in [7, 11) is -6.62. The molecule has 0 amide bonds. The van der Waals surface area contributed by atoms with Gasteiger partial charge in [-0.25, -0.2) is 26.4 Å². The molecular formula is C39H38F2N2O8S4. The summed E-state index contributed by atoms with van der Waals surface area (Å²) >= 11 is 2.71. The molecule has 2 aromatic heterocycles. The Morgan fingerprint density at radius 3 is 1.36 bits per heavy atom. The molecule has 10 nitrogen and oxygen atoms in total. The van der Waals surface area contributed by atoms with Crippen molar-refractivity contribution in [3.05, 3.63) is 119 Å². The van der Waals surface area contributed by atoms with E-state index in [0.717, 1.165) is 31.3 Å². The maximum atomic E-state index is 13.3. The number of carbonyl (C=O) groups is 2. The molecule has 1 N–H and O–H groups in total. The van der Waals surface area contributed by atoms with Gasteiger partial charge in [0.25, 0.3) is 20.0 Å². The lowest BCUT2D eigenvalue weighted by molar-refractivity contribution is 0.0599. The van der Waals surface area contributed by atoms with Gasteiger partial charge >= 0.3 is 11.9 Å². The first-order chi connectivity index (χ1) is 26.3. The Hall–Kier alpha value is -4.90. The predicted octanol–water partition coefficient (Wildman–Crippen LogP) is 9.01. The van der Waals surface area contributed by atoms with Crippen molar-refractivity contribution >= 4 is 84.8 Å². The van der Waals surface area contributed by atoms with Crippen LogP contribution in [0.4, 0.5) is 18.8 Å². The number of benzene rings is 4. The summed E-state index contributed by atoms with van der Waals surface area (Å²) in [6.45, 7) is 2.51. The molecule has 0 aliphatic rings. The zero-order valence-electron chi connectivity index (χ0n) is 30.1. The monoisotopic (exact) mass is 828 g/mol.